The Hall–Kier alpha value is -7.20. The molecule has 1 aliphatic rings. The van der Waals surface area contributed by atoms with E-state index in [0.717, 1.165) is 34.9 Å². The summed E-state index contributed by atoms with van der Waals surface area (Å²) in [5.41, 5.74) is 6.92. The Morgan fingerprint density at radius 2 is 0.900 bits per heavy atom. The van der Waals surface area contributed by atoms with Crippen LogP contribution in [0, 0.1) is 5.92 Å². The molecular weight excluding hydrogens is 741 g/mol. The Morgan fingerprint density at radius 1 is 0.400 bits per heavy atom. The second-order valence-corrected chi connectivity index (χ2v) is 19.6. The van der Waals surface area contributed by atoms with Gasteiger partial charge in [-0.05, 0) is 105 Å². The summed E-state index contributed by atoms with van der Waals surface area (Å²) in [5, 5.41) is 10.5. The van der Waals surface area contributed by atoms with E-state index in [1.165, 1.54) is 48.0 Å². The van der Waals surface area contributed by atoms with Crippen molar-refractivity contribution in [1.82, 2.24) is 0 Å². The van der Waals surface area contributed by atoms with Gasteiger partial charge in [0, 0.05) is 33.8 Å². The summed E-state index contributed by atoms with van der Waals surface area (Å²) >= 11 is 0. The van der Waals surface area contributed by atoms with Crippen LogP contribution in [-0.2, 0) is 0 Å². The Labute approximate surface area is 354 Å². The quantitative estimate of drug-likeness (QED) is 0.101. The third-order valence-corrected chi connectivity index (χ3v) is 17.3. The Bertz CT molecular complexity index is 2930. The van der Waals surface area contributed by atoms with Gasteiger partial charge in [0.05, 0.1) is 5.69 Å². The van der Waals surface area contributed by atoms with Gasteiger partial charge in [-0.25, -0.2) is 0 Å². The minimum Gasteiger partial charge on any atom is -0.311 e. The molecule has 0 aromatic heterocycles. The minimum absolute atomic E-state index is 0.294. The Morgan fingerprint density at radius 3 is 1.58 bits per heavy atom. The van der Waals surface area contributed by atoms with Crippen LogP contribution in [0.25, 0.3) is 21.5 Å². The van der Waals surface area contributed by atoms with Gasteiger partial charge in [-0.2, -0.15) is 0 Å². The number of fused-ring (bicyclic) bond motifs is 2. The van der Waals surface area contributed by atoms with Crippen molar-refractivity contribution < 1.29 is 0 Å². The van der Waals surface area contributed by atoms with Gasteiger partial charge in [-0.1, -0.05) is 194 Å². The largest absolute Gasteiger partial charge is 0.311 e. The van der Waals surface area contributed by atoms with E-state index in [-0.39, 0.29) is 0 Å². The molecule has 0 fully saturated rings. The third kappa shape index (κ3) is 6.73. The fraction of sp³-hybridized carbons (Fsp3) is 0.0526. The Balaban J connectivity index is 1.23. The normalized spacial score (nSPS) is 14.1. The van der Waals surface area contributed by atoms with Crippen molar-refractivity contribution in [2.75, 3.05) is 9.80 Å². The smallest absolute Gasteiger partial charge is 0.176 e. The lowest BCUT2D eigenvalue weighted by atomic mass is 9.99. The van der Waals surface area contributed by atoms with Crippen molar-refractivity contribution in [3.05, 3.63) is 254 Å². The standard InChI is InChI=1S/C57H46N2Si/c1-43-36-38-51(58(47-24-6-2-7-25-47)50-39-37-44-20-14-15-22-46(44)40-50)42-57(43)60(52-29-10-4-11-30-52,53-31-12-5-13-32-53)54-33-19-28-49(41-54)59(48-26-8-3-9-27-48)56-35-18-23-45-21-16-17-34-55(45)56/h2-35,37-43H,36H2,1H3. The van der Waals surface area contributed by atoms with Crippen LogP contribution < -0.4 is 25.4 Å². The first-order valence-corrected chi connectivity index (χ1v) is 23.0. The van der Waals surface area contributed by atoms with Crippen LogP contribution in [0.2, 0.25) is 0 Å². The van der Waals surface area contributed by atoms with Crippen LogP contribution in [0.4, 0.5) is 28.4 Å². The maximum atomic E-state index is 2.56. The molecule has 0 N–H and O–H groups in total. The van der Waals surface area contributed by atoms with Gasteiger partial charge in [-0.15, -0.1) is 0 Å². The van der Waals surface area contributed by atoms with E-state index < -0.39 is 8.07 Å². The SMILES string of the molecule is CC1CC=C(N(c2ccccc2)c2ccc3ccccc3c2)C=C1[Si](c1ccccc1)(c1ccccc1)c1cccc(N(c2ccccc2)c2cccc3ccccc23)c1. The molecule has 288 valence electrons. The van der Waals surface area contributed by atoms with E-state index in [1.54, 1.807) is 0 Å². The van der Waals surface area contributed by atoms with Gasteiger partial charge < -0.3 is 9.80 Å². The number of allylic oxidation sites excluding steroid dienone is 3. The summed E-state index contributed by atoms with van der Waals surface area (Å²) in [7, 11) is -2.99. The molecule has 9 aromatic rings. The maximum absolute atomic E-state index is 2.99. The van der Waals surface area contributed by atoms with Crippen molar-refractivity contribution in [1.29, 1.82) is 0 Å². The van der Waals surface area contributed by atoms with Crippen molar-refractivity contribution in [3.8, 4) is 0 Å². The topological polar surface area (TPSA) is 6.48 Å². The molecule has 2 nitrogen and oxygen atoms in total. The highest BCUT2D eigenvalue weighted by Crippen LogP contribution is 2.41. The second kappa shape index (κ2) is 16.2. The molecule has 1 aliphatic carbocycles. The maximum Gasteiger partial charge on any atom is 0.176 e. The molecule has 9 aromatic carbocycles. The average molecular weight is 787 g/mol. The summed E-state index contributed by atoms with van der Waals surface area (Å²) in [6.45, 7) is 2.44. The first-order valence-electron chi connectivity index (χ1n) is 21.0. The fourth-order valence-electron chi connectivity index (χ4n) is 9.42. The predicted molar refractivity (Wildman–Crippen MR) is 259 cm³/mol. The Kier molecular flexibility index (Phi) is 10.0. The number of anilines is 5. The monoisotopic (exact) mass is 786 g/mol. The summed E-state index contributed by atoms with van der Waals surface area (Å²) in [5.74, 6) is 0.294. The van der Waals surface area contributed by atoms with Gasteiger partial charge >= 0.3 is 0 Å². The number of hydrogen-bond donors (Lipinski definition) is 0. The zero-order valence-electron chi connectivity index (χ0n) is 33.8. The molecule has 60 heavy (non-hydrogen) atoms. The second-order valence-electron chi connectivity index (χ2n) is 15.8. The lowest BCUT2D eigenvalue weighted by Crippen LogP contribution is -2.69. The highest BCUT2D eigenvalue weighted by molar-refractivity contribution is 7.16. The lowest BCUT2D eigenvalue weighted by molar-refractivity contribution is 0.708. The minimum atomic E-state index is -2.99. The summed E-state index contributed by atoms with van der Waals surface area (Å²) in [4.78, 5) is 4.91. The number of benzene rings is 9. The molecule has 1 unspecified atom stereocenters. The summed E-state index contributed by atoms with van der Waals surface area (Å²) in [6, 6.07) is 84.8. The van der Waals surface area contributed by atoms with Gasteiger partial charge in [0.15, 0.2) is 8.07 Å². The van der Waals surface area contributed by atoms with Crippen LogP contribution in [0.5, 0.6) is 0 Å². The molecule has 0 radical (unpaired) electrons. The lowest BCUT2D eigenvalue weighted by Gasteiger charge is -2.41. The molecule has 10 rings (SSSR count). The van der Waals surface area contributed by atoms with Crippen LogP contribution in [-0.4, -0.2) is 8.07 Å². The zero-order chi connectivity index (χ0) is 40.3. The molecule has 0 bridgehead atoms. The van der Waals surface area contributed by atoms with E-state index >= 15 is 0 Å². The molecule has 0 saturated heterocycles. The van der Waals surface area contributed by atoms with E-state index in [9.17, 15) is 0 Å². The fourth-order valence-corrected chi connectivity index (χ4v) is 14.7. The van der Waals surface area contributed by atoms with E-state index in [0.29, 0.717) is 5.92 Å². The highest BCUT2D eigenvalue weighted by Gasteiger charge is 2.46. The predicted octanol–water partition coefficient (Wildman–Crippen LogP) is 13.2. The van der Waals surface area contributed by atoms with E-state index in [1.807, 2.05) is 0 Å². The summed E-state index contributed by atoms with van der Waals surface area (Å²) < 4.78 is 0. The average Bonchev–Trinajstić information content (AvgIpc) is 3.32. The first kappa shape index (κ1) is 37.1. The molecular formula is C57H46N2Si. The van der Waals surface area contributed by atoms with Crippen LogP contribution in [0.1, 0.15) is 13.3 Å². The van der Waals surface area contributed by atoms with Crippen LogP contribution in [0.3, 0.4) is 0 Å². The van der Waals surface area contributed by atoms with Gasteiger partial charge in [0.25, 0.3) is 0 Å². The number of rotatable bonds is 10. The van der Waals surface area contributed by atoms with E-state index in [2.05, 4.69) is 259 Å². The first-order chi connectivity index (χ1) is 29.7. The molecule has 0 heterocycles. The number of nitrogens with zero attached hydrogens (tertiary/aromatic N) is 2. The molecule has 0 aliphatic heterocycles. The summed E-state index contributed by atoms with van der Waals surface area (Å²) in [6.07, 6.45) is 5.95. The van der Waals surface area contributed by atoms with Crippen molar-refractivity contribution in [3.63, 3.8) is 0 Å². The highest BCUT2D eigenvalue weighted by atomic mass is 28.3. The number of hydrogen-bond acceptors (Lipinski definition) is 2. The zero-order valence-corrected chi connectivity index (χ0v) is 34.8. The van der Waals surface area contributed by atoms with Crippen molar-refractivity contribution in [2.45, 2.75) is 13.3 Å². The van der Waals surface area contributed by atoms with Gasteiger partial charge in [-0.3, -0.25) is 0 Å². The molecule has 0 spiro atoms. The van der Waals surface area contributed by atoms with Crippen LogP contribution in [0.15, 0.2) is 254 Å². The van der Waals surface area contributed by atoms with Crippen molar-refractivity contribution >= 4 is 73.6 Å². The third-order valence-electron chi connectivity index (χ3n) is 12.2. The molecule has 1 atom stereocenters. The van der Waals surface area contributed by atoms with Gasteiger partial charge in [0.1, 0.15) is 0 Å². The molecule has 3 heteroatoms. The van der Waals surface area contributed by atoms with E-state index in [4.69, 9.17) is 0 Å². The number of para-hydroxylation sites is 2. The molecule has 0 amide bonds. The van der Waals surface area contributed by atoms with Crippen molar-refractivity contribution in [2.24, 2.45) is 5.92 Å². The molecule has 0 saturated carbocycles. The van der Waals surface area contributed by atoms with Gasteiger partial charge in [0.2, 0.25) is 0 Å². The van der Waals surface area contributed by atoms with Crippen LogP contribution >= 0.6 is 0 Å².